The van der Waals surface area contributed by atoms with E-state index in [1.807, 2.05) is 18.2 Å². The van der Waals surface area contributed by atoms with Crippen LogP contribution in [0.25, 0.3) is 10.2 Å². The molecule has 0 aliphatic carbocycles. The third-order valence-corrected chi connectivity index (χ3v) is 4.27. The van der Waals surface area contributed by atoms with Gasteiger partial charge in [-0.3, -0.25) is 0 Å². The van der Waals surface area contributed by atoms with Gasteiger partial charge in [-0.15, -0.1) is 0 Å². The van der Waals surface area contributed by atoms with Crippen LogP contribution >= 0.6 is 11.3 Å². The number of ether oxygens (including phenoxy) is 1. The fraction of sp³-hybridized carbons (Fsp3) is 0.364. The predicted molar refractivity (Wildman–Crippen MR) is 74.4 cm³/mol. The third-order valence-electron chi connectivity index (χ3n) is 2.34. The molecule has 7 heteroatoms. The Morgan fingerprint density at radius 3 is 2.89 bits per heavy atom. The lowest BCUT2D eigenvalue weighted by Gasteiger charge is -1.99. The molecule has 1 heterocycles. The molecule has 0 unspecified atom stereocenters. The van der Waals surface area contributed by atoms with E-state index < -0.39 is 9.84 Å². The molecule has 0 atom stereocenters. The van der Waals surface area contributed by atoms with E-state index in [4.69, 9.17) is 4.74 Å². The Balaban J connectivity index is 2.10. The Labute approximate surface area is 110 Å². The van der Waals surface area contributed by atoms with Crippen LogP contribution in [0.3, 0.4) is 0 Å². The average Bonchev–Trinajstić information content (AvgIpc) is 2.68. The normalized spacial score (nSPS) is 11.7. The summed E-state index contributed by atoms with van der Waals surface area (Å²) in [6.07, 6.45) is 1.22. The molecule has 98 valence electrons. The largest absolute Gasteiger partial charge is 0.497 e. The summed E-state index contributed by atoms with van der Waals surface area (Å²) in [7, 11) is -1.32. The fourth-order valence-electron chi connectivity index (χ4n) is 1.45. The molecule has 0 spiro atoms. The van der Waals surface area contributed by atoms with E-state index in [0.29, 0.717) is 6.54 Å². The van der Waals surface area contributed by atoms with Gasteiger partial charge in [-0.25, -0.2) is 13.4 Å². The Kier molecular flexibility index (Phi) is 3.72. The molecule has 1 aromatic carbocycles. The second kappa shape index (κ2) is 5.11. The van der Waals surface area contributed by atoms with E-state index in [9.17, 15) is 8.42 Å². The standard InChI is InChI=1S/C11H14N2O3S2/c1-16-8-3-4-9-10(7-8)17-11(13-9)12-5-6-18(2,14)15/h3-4,7H,5-6H2,1-2H3,(H,12,13). The molecular weight excluding hydrogens is 272 g/mol. The molecule has 0 aliphatic heterocycles. The lowest BCUT2D eigenvalue weighted by atomic mass is 10.3. The number of aromatic nitrogens is 1. The number of nitrogens with zero attached hydrogens (tertiary/aromatic N) is 1. The smallest absolute Gasteiger partial charge is 0.183 e. The lowest BCUT2D eigenvalue weighted by molar-refractivity contribution is 0.415. The van der Waals surface area contributed by atoms with Crippen LogP contribution in [0.5, 0.6) is 5.75 Å². The monoisotopic (exact) mass is 286 g/mol. The van der Waals surface area contributed by atoms with Crippen molar-refractivity contribution in [3.63, 3.8) is 0 Å². The van der Waals surface area contributed by atoms with Gasteiger partial charge in [0.25, 0.3) is 0 Å². The maximum absolute atomic E-state index is 11.0. The zero-order chi connectivity index (χ0) is 13.2. The summed E-state index contributed by atoms with van der Waals surface area (Å²) >= 11 is 1.48. The summed E-state index contributed by atoms with van der Waals surface area (Å²) < 4.78 is 28.2. The number of anilines is 1. The van der Waals surface area contributed by atoms with Crippen molar-refractivity contribution in [3.8, 4) is 5.75 Å². The van der Waals surface area contributed by atoms with Gasteiger partial charge in [0, 0.05) is 12.8 Å². The van der Waals surface area contributed by atoms with Gasteiger partial charge in [-0.1, -0.05) is 11.3 Å². The highest BCUT2D eigenvalue weighted by Crippen LogP contribution is 2.28. The van der Waals surface area contributed by atoms with E-state index in [-0.39, 0.29) is 5.75 Å². The second-order valence-electron chi connectivity index (χ2n) is 3.91. The Bertz CT molecular complexity index is 649. The zero-order valence-electron chi connectivity index (χ0n) is 10.1. The summed E-state index contributed by atoms with van der Waals surface area (Å²) in [5, 5.41) is 3.74. The maximum atomic E-state index is 11.0. The predicted octanol–water partition coefficient (Wildman–Crippen LogP) is 1.76. The van der Waals surface area contributed by atoms with Crippen molar-refractivity contribution in [1.82, 2.24) is 4.98 Å². The number of hydrogen-bond acceptors (Lipinski definition) is 6. The van der Waals surface area contributed by atoms with Crippen LogP contribution in [0.15, 0.2) is 18.2 Å². The van der Waals surface area contributed by atoms with Gasteiger partial charge in [0.15, 0.2) is 5.13 Å². The first kappa shape index (κ1) is 13.1. The van der Waals surface area contributed by atoms with Gasteiger partial charge in [0.1, 0.15) is 15.6 Å². The number of benzene rings is 1. The topological polar surface area (TPSA) is 68.3 Å². The second-order valence-corrected chi connectivity index (χ2v) is 7.20. The van der Waals surface area contributed by atoms with E-state index in [1.54, 1.807) is 7.11 Å². The summed E-state index contributed by atoms with van der Waals surface area (Å²) in [4.78, 5) is 4.36. The van der Waals surface area contributed by atoms with Crippen LogP contribution in [-0.4, -0.2) is 39.1 Å². The van der Waals surface area contributed by atoms with Crippen LogP contribution in [0.4, 0.5) is 5.13 Å². The first-order chi connectivity index (χ1) is 8.48. The summed E-state index contributed by atoms with van der Waals surface area (Å²) in [5.41, 5.74) is 0.877. The molecule has 2 rings (SSSR count). The van der Waals surface area contributed by atoms with Crippen molar-refractivity contribution in [2.24, 2.45) is 0 Å². The van der Waals surface area contributed by atoms with Crippen LogP contribution in [0.2, 0.25) is 0 Å². The molecule has 0 aliphatic rings. The van der Waals surface area contributed by atoms with Crippen molar-refractivity contribution in [1.29, 1.82) is 0 Å². The van der Waals surface area contributed by atoms with Crippen molar-refractivity contribution in [2.45, 2.75) is 0 Å². The van der Waals surface area contributed by atoms with Crippen molar-refractivity contribution in [2.75, 3.05) is 31.0 Å². The van der Waals surface area contributed by atoms with E-state index in [0.717, 1.165) is 21.1 Å². The zero-order valence-corrected chi connectivity index (χ0v) is 11.8. The molecule has 1 aromatic heterocycles. The van der Waals surface area contributed by atoms with Gasteiger partial charge < -0.3 is 10.1 Å². The highest BCUT2D eigenvalue weighted by atomic mass is 32.2. The number of methoxy groups -OCH3 is 1. The molecule has 18 heavy (non-hydrogen) atoms. The van der Waals surface area contributed by atoms with Crippen molar-refractivity contribution >= 4 is 36.5 Å². The summed E-state index contributed by atoms with van der Waals surface area (Å²) in [6.45, 7) is 0.371. The van der Waals surface area contributed by atoms with Crippen LogP contribution in [0.1, 0.15) is 0 Å². The summed E-state index contributed by atoms with van der Waals surface area (Å²) in [6, 6.07) is 5.64. The Hall–Kier alpha value is -1.34. The van der Waals surface area contributed by atoms with Crippen LogP contribution < -0.4 is 10.1 Å². The minimum atomic E-state index is -2.94. The molecule has 0 saturated heterocycles. The van der Waals surface area contributed by atoms with Gasteiger partial charge in [0.05, 0.1) is 23.1 Å². The number of thiazole rings is 1. The molecule has 0 fully saturated rings. The Morgan fingerprint density at radius 1 is 1.44 bits per heavy atom. The number of sulfone groups is 1. The molecule has 0 amide bonds. The molecule has 2 aromatic rings. The average molecular weight is 286 g/mol. The van der Waals surface area contributed by atoms with Crippen molar-refractivity contribution in [3.05, 3.63) is 18.2 Å². The highest BCUT2D eigenvalue weighted by Gasteiger charge is 2.06. The molecule has 0 saturated carbocycles. The number of rotatable bonds is 5. The first-order valence-electron chi connectivity index (χ1n) is 5.34. The van der Waals surface area contributed by atoms with E-state index in [1.165, 1.54) is 17.6 Å². The summed E-state index contributed by atoms with van der Waals surface area (Å²) in [5.74, 6) is 0.889. The fourth-order valence-corrected chi connectivity index (χ4v) is 2.84. The lowest BCUT2D eigenvalue weighted by Crippen LogP contribution is -2.13. The molecular formula is C11H14N2O3S2. The van der Waals surface area contributed by atoms with E-state index >= 15 is 0 Å². The minimum Gasteiger partial charge on any atom is -0.497 e. The Morgan fingerprint density at radius 2 is 2.22 bits per heavy atom. The minimum absolute atomic E-state index is 0.103. The van der Waals surface area contributed by atoms with Crippen LogP contribution in [0, 0.1) is 0 Å². The molecule has 1 N–H and O–H groups in total. The van der Waals surface area contributed by atoms with Gasteiger partial charge in [0.2, 0.25) is 0 Å². The quantitative estimate of drug-likeness (QED) is 0.907. The van der Waals surface area contributed by atoms with Gasteiger partial charge >= 0.3 is 0 Å². The van der Waals surface area contributed by atoms with Crippen molar-refractivity contribution < 1.29 is 13.2 Å². The molecule has 0 bridgehead atoms. The first-order valence-corrected chi connectivity index (χ1v) is 8.22. The number of nitrogens with one attached hydrogen (secondary N) is 1. The molecule has 5 nitrogen and oxygen atoms in total. The highest BCUT2D eigenvalue weighted by molar-refractivity contribution is 7.90. The molecule has 0 radical (unpaired) electrons. The maximum Gasteiger partial charge on any atom is 0.183 e. The third kappa shape index (κ3) is 3.33. The van der Waals surface area contributed by atoms with Crippen LogP contribution in [-0.2, 0) is 9.84 Å². The van der Waals surface area contributed by atoms with Gasteiger partial charge in [-0.2, -0.15) is 0 Å². The number of hydrogen-bond donors (Lipinski definition) is 1. The van der Waals surface area contributed by atoms with Gasteiger partial charge in [-0.05, 0) is 18.2 Å². The SMILES string of the molecule is COc1ccc2nc(NCCS(C)(=O)=O)sc2c1. The number of fused-ring (bicyclic) bond motifs is 1. The van der Waals surface area contributed by atoms with E-state index in [2.05, 4.69) is 10.3 Å².